The molecule has 2 saturated heterocycles. The van der Waals surface area contributed by atoms with Gasteiger partial charge in [0, 0.05) is 19.1 Å². The highest BCUT2D eigenvalue weighted by molar-refractivity contribution is 7.87. The molecule has 0 saturated carbocycles. The molecular weight excluding hydrogens is 226 g/mol. The number of terminal acetylenes is 1. The summed E-state index contributed by atoms with van der Waals surface area (Å²) in [4.78, 5) is 0. The van der Waals surface area contributed by atoms with E-state index in [9.17, 15) is 8.42 Å². The van der Waals surface area contributed by atoms with Crippen LogP contribution in [0, 0.1) is 12.3 Å². The van der Waals surface area contributed by atoms with Crippen LogP contribution in [0.3, 0.4) is 0 Å². The second-order valence-electron chi connectivity index (χ2n) is 4.14. The number of nitrogens with zero attached hydrogens (tertiary/aromatic N) is 2. The van der Waals surface area contributed by atoms with E-state index in [2.05, 4.69) is 11.2 Å². The molecule has 2 aliphatic heterocycles. The lowest BCUT2D eigenvalue weighted by Crippen LogP contribution is -2.45. The second-order valence-corrected chi connectivity index (χ2v) is 6.02. The molecule has 0 unspecified atom stereocenters. The molecule has 0 bridgehead atoms. The van der Waals surface area contributed by atoms with Gasteiger partial charge in [0.2, 0.25) is 0 Å². The summed E-state index contributed by atoms with van der Waals surface area (Å²) in [5.74, 6) is 2.40. The summed E-state index contributed by atoms with van der Waals surface area (Å²) >= 11 is 0. The van der Waals surface area contributed by atoms with Gasteiger partial charge in [0.25, 0.3) is 10.2 Å². The van der Waals surface area contributed by atoms with E-state index in [4.69, 9.17) is 6.42 Å². The summed E-state index contributed by atoms with van der Waals surface area (Å²) in [7, 11) is -3.29. The summed E-state index contributed by atoms with van der Waals surface area (Å²) in [5, 5.41) is 3.23. The van der Waals surface area contributed by atoms with E-state index in [-0.39, 0.29) is 12.6 Å². The summed E-state index contributed by atoms with van der Waals surface area (Å²) in [5.41, 5.74) is 0. The van der Waals surface area contributed by atoms with Gasteiger partial charge < -0.3 is 5.32 Å². The van der Waals surface area contributed by atoms with Crippen molar-refractivity contribution in [3.8, 4) is 12.3 Å². The monoisotopic (exact) mass is 243 g/mol. The lowest BCUT2D eigenvalue weighted by Gasteiger charge is -2.30. The number of hydrogen-bond acceptors (Lipinski definition) is 3. The van der Waals surface area contributed by atoms with Crippen LogP contribution in [0.5, 0.6) is 0 Å². The van der Waals surface area contributed by atoms with Gasteiger partial charge in [0.15, 0.2) is 0 Å². The zero-order valence-electron chi connectivity index (χ0n) is 9.22. The Balaban J connectivity index is 2.09. The molecule has 2 rings (SSSR count). The maximum absolute atomic E-state index is 12.1. The van der Waals surface area contributed by atoms with Crippen LogP contribution in [-0.4, -0.2) is 55.8 Å². The predicted molar refractivity (Wildman–Crippen MR) is 61.9 cm³/mol. The Morgan fingerprint density at radius 3 is 2.62 bits per heavy atom. The van der Waals surface area contributed by atoms with Gasteiger partial charge in [-0.25, -0.2) is 0 Å². The second kappa shape index (κ2) is 4.72. The quantitative estimate of drug-likeness (QED) is 0.648. The van der Waals surface area contributed by atoms with Gasteiger partial charge in [-0.3, -0.25) is 0 Å². The summed E-state index contributed by atoms with van der Waals surface area (Å²) < 4.78 is 27.2. The first-order chi connectivity index (χ1) is 7.66. The smallest absolute Gasteiger partial charge is 0.283 e. The molecule has 2 aliphatic rings. The minimum absolute atomic E-state index is 0.147. The van der Waals surface area contributed by atoms with Crippen LogP contribution in [0.15, 0.2) is 0 Å². The topological polar surface area (TPSA) is 52.6 Å². The van der Waals surface area contributed by atoms with E-state index in [1.807, 2.05) is 0 Å². The maximum Gasteiger partial charge on any atom is 0.283 e. The number of hydrogen-bond donors (Lipinski definition) is 1. The molecule has 90 valence electrons. The number of rotatable bonds is 2. The van der Waals surface area contributed by atoms with Crippen molar-refractivity contribution in [2.75, 3.05) is 32.7 Å². The van der Waals surface area contributed by atoms with Crippen LogP contribution in [-0.2, 0) is 10.2 Å². The standard InChI is InChI=1S/C10H17N3O2S/c1-2-7-12-8-9-13(16(12,14)15)10-3-5-11-6-4-10/h1,10-11H,3-9H2. The first kappa shape index (κ1) is 11.9. The molecule has 2 heterocycles. The van der Waals surface area contributed by atoms with E-state index < -0.39 is 10.2 Å². The van der Waals surface area contributed by atoms with Crippen LogP contribution in [0.4, 0.5) is 0 Å². The summed E-state index contributed by atoms with van der Waals surface area (Å²) in [6.07, 6.45) is 6.95. The Morgan fingerprint density at radius 2 is 2.00 bits per heavy atom. The van der Waals surface area contributed by atoms with Crippen molar-refractivity contribution in [3.63, 3.8) is 0 Å². The van der Waals surface area contributed by atoms with E-state index in [0.717, 1.165) is 25.9 Å². The molecule has 0 atom stereocenters. The third kappa shape index (κ3) is 2.09. The van der Waals surface area contributed by atoms with Gasteiger partial charge in [-0.2, -0.15) is 17.0 Å². The minimum Gasteiger partial charge on any atom is -0.317 e. The molecule has 0 aromatic rings. The first-order valence-electron chi connectivity index (χ1n) is 5.57. The minimum atomic E-state index is -3.29. The van der Waals surface area contributed by atoms with Crippen molar-refractivity contribution in [2.45, 2.75) is 18.9 Å². The Hall–Kier alpha value is -0.610. The summed E-state index contributed by atoms with van der Waals surface area (Å²) in [6, 6.07) is 0.147. The van der Waals surface area contributed by atoms with Gasteiger partial charge in [0.05, 0.1) is 6.54 Å². The van der Waals surface area contributed by atoms with Crippen molar-refractivity contribution < 1.29 is 8.42 Å². The molecule has 6 heteroatoms. The average molecular weight is 243 g/mol. The lowest BCUT2D eigenvalue weighted by molar-refractivity contribution is 0.280. The fourth-order valence-corrected chi connectivity index (χ4v) is 4.06. The van der Waals surface area contributed by atoms with Gasteiger partial charge in [0.1, 0.15) is 0 Å². The van der Waals surface area contributed by atoms with E-state index in [1.54, 1.807) is 4.31 Å². The third-order valence-corrected chi connectivity index (χ3v) is 5.21. The van der Waals surface area contributed by atoms with Crippen LogP contribution in [0.25, 0.3) is 0 Å². The predicted octanol–water partition coefficient (Wildman–Crippen LogP) is -0.766. The Morgan fingerprint density at radius 1 is 1.31 bits per heavy atom. The van der Waals surface area contributed by atoms with Crippen molar-refractivity contribution in [2.24, 2.45) is 0 Å². The average Bonchev–Trinajstić information content (AvgIpc) is 2.57. The van der Waals surface area contributed by atoms with Gasteiger partial charge in [-0.15, -0.1) is 6.42 Å². The SMILES string of the molecule is C#CCN1CCN(C2CCNCC2)S1(=O)=O. The fraction of sp³-hybridized carbons (Fsp3) is 0.800. The Kier molecular flexibility index (Phi) is 3.50. The van der Waals surface area contributed by atoms with Crippen LogP contribution in [0.2, 0.25) is 0 Å². The van der Waals surface area contributed by atoms with Crippen molar-refractivity contribution in [1.82, 2.24) is 13.9 Å². The van der Waals surface area contributed by atoms with Crippen molar-refractivity contribution >= 4 is 10.2 Å². The van der Waals surface area contributed by atoms with Crippen LogP contribution in [0.1, 0.15) is 12.8 Å². The van der Waals surface area contributed by atoms with Crippen LogP contribution < -0.4 is 5.32 Å². The highest BCUT2D eigenvalue weighted by Gasteiger charge is 2.40. The maximum atomic E-state index is 12.1. The van der Waals surface area contributed by atoms with E-state index >= 15 is 0 Å². The molecule has 5 nitrogen and oxygen atoms in total. The lowest BCUT2D eigenvalue weighted by atomic mass is 10.1. The molecular formula is C10H17N3O2S. The molecule has 0 radical (unpaired) electrons. The molecule has 0 spiro atoms. The molecule has 1 N–H and O–H groups in total. The third-order valence-electron chi connectivity index (χ3n) is 3.18. The highest BCUT2D eigenvalue weighted by Crippen LogP contribution is 2.23. The molecule has 0 aromatic heterocycles. The van der Waals surface area contributed by atoms with Crippen molar-refractivity contribution in [1.29, 1.82) is 0 Å². The molecule has 0 aliphatic carbocycles. The molecule has 0 amide bonds. The fourth-order valence-electron chi connectivity index (χ4n) is 2.32. The first-order valence-corrected chi connectivity index (χ1v) is 6.97. The summed E-state index contributed by atoms with van der Waals surface area (Å²) in [6.45, 7) is 3.08. The van der Waals surface area contributed by atoms with Gasteiger partial charge >= 0.3 is 0 Å². The zero-order chi connectivity index (χ0) is 11.6. The van der Waals surface area contributed by atoms with Gasteiger partial charge in [-0.05, 0) is 25.9 Å². The molecule has 0 aromatic carbocycles. The largest absolute Gasteiger partial charge is 0.317 e. The van der Waals surface area contributed by atoms with Crippen molar-refractivity contribution in [3.05, 3.63) is 0 Å². The zero-order valence-corrected chi connectivity index (χ0v) is 10.0. The Labute approximate surface area is 97.0 Å². The van der Waals surface area contributed by atoms with E-state index in [1.165, 1.54) is 4.31 Å². The van der Waals surface area contributed by atoms with Crippen LogP contribution >= 0.6 is 0 Å². The highest BCUT2D eigenvalue weighted by atomic mass is 32.2. The normalized spacial score (nSPS) is 27.9. The number of nitrogens with one attached hydrogen (secondary N) is 1. The van der Waals surface area contributed by atoms with Gasteiger partial charge in [-0.1, -0.05) is 5.92 Å². The molecule has 2 fully saturated rings. The Bertz CT molecular complexity index is 381. The van der Waals surface area contributed by atoms with E-state index in [0.29, 0.717) is 13.1 Å². The number of piperidine rings is 1. The molecule has 16 heavy (non-hydrogen) atoms.